The van der Waals surface area contributed by atoms with Gasteiger partial charge in [0.2, 0.25) is 0 Å². The Labute approximate surface area is 143 Å². The fourth-order valence-corrected chi connectivity index (χ4v) is 3.50. The second-order valence-electron chi connectivity index (χ2n) is 6.18. The summed E-state index contributed by atoms with van der Waals surface area (Å²) in [6.07, 6.45) is 10.5. The van der Waals surface area contributed by atoms with Crippen LogP contribution in [0, 0.1) is 0 Å². The molecule has 5 nitrogen and oxygen atoms in total. The number of aromatic amines is 1. The molecule has 1 aromatic rings. The molecule has 0 atom stereocenters. The van der Waals surface area contributed by atoms with Crippen LogP contribution in [0.3, 0.4) is 0 Å². The monoisotopic (exact) mass is 326 g/mol. The van der Waals surface area contributed by atoms with Gasteiger partial charge >= 0.3 is 0 Å². The fourth-order valence-electron chi connectivity index (χ4n) is 3.50. The lowest BCUT2D eigenvalue weighted by Crippen LogP contribution is -2.12. The lowest BCUT2D eigenvalue weighted by Gasteiger charge is -2.11. The van der Waals surface area contributed by atoms with Crippen LogP contribution in [0.4, 0.5) is 0 Å². The lowest BCUT2D eigenvalue weighted by molar-refractivity contribution is -0.110. The molecule has 1 aromatic carbocycles. The molecule has 0 radical (unpaired) electrons. The molecule has 0 saturated carbocycles. The molecule has 0 bridgehead atoms. The van der Waals surface area contributed by atoms with Gasteiger partial charge in [-0.2, -0.15) is 0 Å². The summed E-state index contributed by atoms with van der Waals surface area (Å²) in [5, 5.41) is 4.22. The molecule has 0 saturated heterocycles. The highest BCUT2D eigenvalue weighted by molar-refractivity contribution is 6.07. The molecule has 1 N–H and O–H groups in total. The summed E-state index contributed by atoms with van der Waals surface area (Å²) in [4.78, 5) is 20.4. The number of ketones is 1. The van der Waals surface area contributed by atoms with Crippen molar-refractivity contribution in [2.75, 3.05) is 0 Å². The van der Waals surface area contributed by atoms with Gasteiger partial charge in [0.05, 0.1) is 22.9 Å². The van der Waals surface area contributed by atoms with E-state index in [1.807, 2.05) is 36.1 Å². The molecule has 0 unspecified atom stereocenters. The van der Waals surface area contributed by atoms with Crippen LogP contribution in [0.1, 0.15) is 6.92 Å². The van der Waals surface area contributed by atoms with Gasteiger partial charge in [0.25, 0.3) is 0 Å². The van der Waals surface area contributed by atoms with Crippen LogP contribution >= 0.6 is 0 Å². The highest BCUT2D eigenvalue weighted by atomic mass is 16.1. The summed E-state index contributed by atoms with van der Waals surface area (Å²) in [6, 6.07) is 8.24. The van der Waals surface area contributed by atoms with Crippen molar-refractivity contribution < 1.29 is 4.79 Å². The molecule has 0 spiro atoms. The number of carbonyl (C=O) groups excluding carboxylic acids is 1. The van der Waals surface area contributed by atoms with E-state index >= 15 is 0 Å². The minimum absolute atomic E-state index is 0.0256. The fraction of sp³-hybridized carbons (Fsp3) is 0.0500. The summed E-state index contributed by atoms with van der Waals surface area (Å²) in [6.45, 7) is 1.96. The van der Waals surface area contributed by atoms with Crippen LogP contribution in [0.25, 0.3) is 33.4 Å². The summed E-state index contributed by atoms with van der Waals surface area (Å²) in [5.41, 5.74) is 7.09. The van der Waals surface area contributed by atoms with Crippen LogP contribution in [-0.2, 0) is 4.79 Å². The van der Waals surface area contributed by atoms with E-state index in [0.717, 1.165) is 44.2 Å². The Kier molecular flexibility index (Phi) is 2.79. The van der Waals surface area contributed by atoms with Crippen molar-refractivity contribution in [1.29, 1.82) is 0 Å². The van der Waals surface area contributed by atoms with Crippen molar-refractivity contribution in [2.45, 2.75) is 6.92 Å². The molecule has 120 valence electrons. The third kappa shape index (κ3) is 1.99. The molecule has 4 aliphatic rings. The number of nitrogens with zero attached hydrogens (tertiary/aromatic N) is 3. The van der Waals surface area contributed by atoms with E-state index in [2.05, 4.69) is 33.3 Å². The first-order chi connectivity index (χ1) is 12.2. The lowest BCUT2D eigenvalue weighted by atomic mass is 9.96. The quantitative estimate of drug-likeness (QED) is 0.540. The molecule has 5 heteroatoms. The molecule has 0 amide bonds. The number of aromatic nitrogens is 4. The number of nitrogens with one attached hydrogen (secondary N) is 1. The maximum atomic E-state index is 11.6. The molecule has 1 aliphatic carbocycles. The van der Waals surface area contributed by atoms with Gasteiger partial charge in [-0.05, 0) is 42.4 Å². The smallest absolute Gasteiger partial charge is 0.178 e. The van der Waals surface area contributed by atoms with Crippen molar-refractivity contribution in [1.82, 2.24) is 19.7 Å². The first kappa shape index (κ1) is 13.9. The van der Waals surface area contributed by atoms with Gasteiger partial charge in [-0.3, -0.25) is 19.6 Å². The van der Waals surface area contributed by atoms with Crippen molar-refractivity contribution in [2.24, 2.45) is 0 Å². The number of hydrogen-bond donors (Lipinski definition) is 1. The third-order valence-electron chi connectivity index (χ3n) is 4.67. The van der Waals surface area contributed by atoms with Crippen LogP contribution in [0.5, 0.6) is 0 Å². The molecule has 25 heavy (non-hydrogen) atoms. The normalized spacial score (nSPS) is 16.8. The second-order valence-corrected chi connectivity index (χ2v) is 6.18. The van der Waals surface area contributed by atoms with Gasteiger partial charge in [-0.25, -0.2) is 4.98 Å². The van der Waals surface area contributed by atoms with Crippen LogP contribution < -0.4 is 5.22 Å². The SMILES string of the molecule is CC1=CC(=O)C=CC1=c1ccc2c3c1ncc-3ccc1cnc[nH]n2-1. The number of hydrogen-bond acceptors (Lipinski definition) is 3. The average molecular weight is 326 g/mol. The van der Waals surface area contributed by atoms with Gasteiger partial charge in [-0.15, -0.1) is 0 Å². The van der Waals surface area contributed by atoms with Gasteiger partial charge in [0, 0.05) is 22.5 Å². The number of benzene rings is 1. The Morgan fingerprint density at radius 2 is 2.00 bits per heavy atom. The van der Waals surface area contributed by atoms with Crippen molar-refractivity contribution in [3.63, 3.8) is 0 Å². The number of rotatable bonds is 0. The standard InChI is InChI=1S/C20H14N4O/c1-12-8-15(25)4-5-16(12)17-6-7-18-19-13(9-22-20(17)19)2-3-14-10-21-11-23-24(14)18/h2-11H,1H3,(H,21,23). The Balaban J connectivity index is 1.95. The highest BCUT2D eigenvalue weighted by Crippen LogP contribution is 2.32. The molecular formula is C20H14N4O. The Bertz CT molecular complexity index is 1220. The topological polar surface area (TPSA) is 63.6 Å². The minimum atomic E-state index is 0.0256. The largest absolute Gasteiger partial charge is 0.290 e. The van der Waals surface area contributed by atoms with Gasteiger partial charge in [-0.1, -0.05) is 18.2 Å². The third-order valence-corrected chi connectivity index (χ3v) is 4.67. The molecule has 3 aliphatic heterocycles. The molecule has 0 aromatic heterocycles. The van der Waals surface area contributed by atoms with Crippen LogP contribution in [-0.4, -0.2) is 25.5 Å². The van der Waals surface area contributed by atoms with E-state index in [1.54, 1.807) is 18.5 Å². The molecular weight excluding hydrogens is 312 g/mol. The zero-order valence-electron chi connectivity index (χ0n) is 13.5. The number of allylic oxidation sites excluding steroid dienone is 4. The van der Waals surface area contributed by atoms with Crippen molar-refractivity contribution in [3.8, 4) is 16.8 Å². The Morgan fingerprint density at radius 1 is 1.08 bits per heavy atom. The predicted molar refractivity (Wildman–Crippen MR) is 96.4 cm³/mol. The maximum Gasteiger partial charge on any atom is 0.178 e. The first-order valence-electron chi connectivity index (χ1n) is 8.05. The number of fused-ring (bicyclic) bond motifs is 2. The summed E-state index contributed by atoms with van der Waals surface area (Å²) in [7, 11) is 0. The van der Waals surface area contributed by atoms with E-state index in [4.69, 9.17) is 0 Å². The van der Waals surface area contributed by atoms with E-state index in [9.17, 15) is 4.79 Å². The van der Waals surface area contributed by atoms with Gasteiger partial charge < -0.3 is 0 Å². The van der Waals surface area contributed by atoms with Gasteiger partial charge in [0.1, 0.15) is 6.33 Å². The Morgan fingerprint density at radius 3 is 2.88 bits per heavy atom. The average Bonchev–Trinajstić information content (AvgIpc) is 2.97. The van der Waals surface area contributed by atoms with E-state index < -0.39 is 0 Å². The van der Waals surface area contributed by atoms with Crippen molar-refractivity contribution in [3.05, 3.63) is 72.0 Å². The summed E-state index contributed by atoms with van der Waals surface area (Å²) >= 11 is 0. The van der Waals surface area contributed by atoms with Crippen LogP contribution in [0.2, 0.25) is 0 Å². The number of carbonyl (C=O) groups is 1. The molecule has 5 rings (SSSR count). The van der Waals surface area contributed by atoms with Crippen molar-refractivity contribution >= 4 is 22.4 Å². The van der Waals surface area contributed by atoms with E-state index in [-0.39, 0.29) is 5.78 Å². The van der Waals surface area contributed by atoms with Crippen LogP contribution in [0.15, 0.2) is 66.8 Å². The zero-order valence-corrected chi connectivity index (χ0v) is 13.5. The first-order valence-corrected chi connectivity index (χ1v) is 8.05. The zero-order chi connectivity index (χ0) is 17.0. The maximum absolute atomic E-state index is 11.6. The second kappa shape index (κ2) is 5.01. The van der Waals surface area contributed by atoms with Gasteiger partial charge in [0.15, 0.2) is 5.78 Å². The minimum Gasteiger partial charge on any atom is -0.290 e. The Hall–Kier alpha value is -3.47. The van der Waals surface area contributed by atoms with E-state index in [1.165, 1.54) is 0 Å². The number of H-pyrrole nitrogens is 1. The van der Waals surface area contributed by atoms with E-state index in [0.29, 0.717) is 0 Å². The predicted octanol–water partition coefficient (Wildman–Crippen LogP) is 2.81. The summed E-state index contributed by atoms with van der Waals surface area (Å²) in [5.74, 6) is 0.0256. The highest BCUT2D eigenvalue weighted by Gasteiger charge is 2.17. The molecule has 3 heterocycles. The summed E-state index contributed by atoms with van der Waals surface area (Å²) < 4.78 is 2.00. The molecule has 0 fully saturated rings.